The van der Waals surface area contributed by atoms with Crippen LogP contribution in [0.1, 0.15) is 25.5 Å². The molecule has 2 N–H and O–H groups in total. The summed E-state index contributed by atoms with van der Waals surface area (Å²) in [5.41, 5.74) is 0.583. The van der Waals surface area contributed by atoms with Gasteiger partial charge in [0.25, 0.3) is 0 Å². The number of carboxylic acids is 1. The second-order valence-electron chi connectivity index (χ2n) is 5.03. The molecule has 6 nitrogen and oxygen atoms in total. The zero-order valence-corrected chi connectivity index (χ0v) is 11.8. The Labute approximate surface area is 117 Å². The minimum Gasteiger partial charge on any atom is -0.493 e. The van der Waals surface area contributed by atoms with Crippen LogP contribution < -0.4 is 19.5 Å². The zero-order valence-electron chi connectivity index (χ0n) is 11.8. The lowest BCUT2D eigenvalue weighted by Gasteiger charge is -2.17. The van der Waals surface area contributed by atoms with E-state index < -0.39 is 12.0 Å². The molecule has 0 radical (unpaired) electrons. The lowest BCUT2D eigenvalue weighted by atomic mass is 10.0. The van der Waals surface area contributed by atoms with Crippen molar-refractivity contribution in [2.24, 2.45) is 5.92 Å². The Kier molecular flexibility index (Phi) is 4.34. The highest BCUT2D eigenvalue weighted by atomic mass is 16.7. The number of methoxy groups -OCH3 is 1. The summed E-state index contributed by atoms with van der Waals surface area (Å²) >= 11 is 0. The maximum atomic E-state index is 11.4. The van der Waals surface area contributed by atoms with Gasteiger partial charge in [-0.3, -0.25) is 4.79 Å². The van der Waals surface area contributed by atoms with Crippen molar-refractivity contribution in [1.82, 2.24) is 5.32 Å². The molecule has 0 aromatic heterocycles. The lowest BCUT2D eigenvalue weighted by molar-refractivity contribution is -0.139. The fourth-order valence-electron chi connectivity index (χ4n) is 2.02. The molecular weight excluding hydrogens is 262 g/mol. The molecule has 0 aliphatic carbocycles. The van der Waals surface area contributed by atoms with Gasteiger partial charge in [-0.2, -0.15) is 0 Å². The van der Waals surface area contributed by atoms with E-state index in [0.29, 0.717) is 35.3 Å². The van der Waals surface area contributed by atoms with E-state index in [0.717, 1.165) is 0 Å². The fraction of sp³-hybridized carbons (Fsp3) is 0.500. The Hall–Kier alpha value is -1.95. The molecule has 1 unspecified atom stereocenters. The monoisotopic (exact) mass is 281 g/mol. The van der Waals surface area contributed by atoms with Gasteiger partial charge < -0.3 is 24.6 Å². The van der Waals surface area contributed by atoms with E-state index in [4.69, 9.17) is 14.2 Å². The van der Waals surface area contributed by atoms with E-state index in [1.54, 1.807) is 12.1 Å². The van der Waals surface area contributed by atoms with Crippen LogP contribution in [0.5, 0.6) is 17.2 Å². The van der Waals surface area contributed by atoms with E-state index in [9.17, 15) is 9.90 Å². The van der Waals surface area contributed by atoms with Crippen molar-refractivity contribution in [3.63, 3.8) is 0 Å². The summed E-state index contributed by atoms with van der Waals surface area (Å²) < 4.78 is 15.8. The highest BCUT2D eigenvalue weighted by Gasteiger charge is 2.26. The zero-order chi connectivity index (χ0) is 14.7. The highest BCUT2D eigenvalue weighted by molar-refractivity contribution is 5.76. The average Bonchev–Trinajstić information content (AvgIpc) is 2.85. The summed E-state index contributed by atoms with van der Waals surface area (Å²) in [6, 6.07) is 2.54. The highest BCUT2D eigenvalue weighted by Crippen LogP contribution is 2.43. The van der Waals surface area contributed by atoms with Crippen LogP contribution in [-0.4, -0.2) is 31.5 Å². The maximum Gasteiger partial charge on any atom is 0.325 e. The Balaban J connectivity index is 2.31. The van der Waals surface area contributed by atoms with Crippen molar-refractivity contribution >= 4 is 5.97 Å². The summed E-state index contributed by atoms with van der Waals surface area (Å²) in [6.07, 6.45) is 0. The standard InChI is InChI=1S/C14H19NO5/c1-8(2)6-15-12(14(16)17)9-4-10(18-3)13-11(5-9)19-7-20-13/h4-5,8,12,15H,6-7H2,1-3H3,(H,16,17). The molecule has 0 saturated heterocycles. The van der Waals surface area contributed by atoms with Crippen LogP contribution in [-0.2, 0) is 4.79 Å². The van der Waals surface area contributed by atoms with E-state index in [-0.39, 0.29) is 6.79 Å². The van der Waals surface area contributed by atoms with Gasteiger partial charge in [0.1, 0.15) is 6.04 Å². The number of nitrogens with one attached hydrogen (secondary N) is 1. The summed E-state index contributed by atoms with van der Waals surface area (Å²) in [5, 5.41) is 12.4. The van der Waals surface area contributed by atoms with Crippen LogP contribution in [0, 0.1) is 5.92 Å². The van der Waals surface area contributed by atoms with Crippen molar-refractivity contribution in [2.75, 3.05) is 20.4 Å². The van der Waals surface area contributed by atoms with Crippen LogP contribution in [0.25, 0.3) is 0 Å². The SMILES string of the molecule is COc1cc(C(NCC(C)C)C(=O)O)cc2c1OCO2. The third-order valence-electron chi connectivity index (χ3n) is 2.99. The predicted molar refractivity (Wildman–Crippen MR) is 72.3 cm³/mol. The first-order valence-electron chi connectivity index (χ1n) is 6.46. The summed E-state index contributed by atoms with van der Waals surface area (Å²) in [6.45, 7) is 4.76. The van der Waals surface area contributed by atoms with Crippen molar-refractivity contribution in [3.05, 3.63) is 17.7 Å². The van der Waals surface area contributed by atoms with Crippen LogP contribution in [0.15, 0.2) is 12.1 Å². The Morgan fingerprint density at radius 2 is 2.20 bits per heavy atom. The number of ether oxygens (including phenoxy) is 3. The Morgan fingerprint density at radius 1 is 1.45 bits per heavy atom. The molecule has 6 heteroatoms. The second kappa shape index (κ2) is 6.00. The molecule has 1 aliphatic heterocycles. The van der Waals surface area contributed by atoms with Gasteiger partial charge >= 0.3 is 5.97 Å². The third kappa shape index (κ3) is 2.96. The van der Waals surface area contributed by atoms with E-state index in [1.807, 2.05) is 13.8 Å². The van der Waals surface area contributed by atoms with Crippen LogP contribution in [0.4, 0.5) is 0 Å². The molecule has 0 spiro atoms. The summed E-state index contributed by atoms with van der Waals surface area (Å²) in [4.78, 5) is 11.4. The number of carboxylic acid groups (broad SMARTS) is 1. The number of rotatable bonds is 6. The molecule has 110 valence electrons. The molecule has 1 heterocycles. The Bertz CT molecular complexity index is 501. The molecule has 1 aromatic rings. The Morgan fingerprint density at radius 3 is 2.80 bits per heavy atom. The van der Waals surface area contributed by atoms with Gasteiger partial charge in [0.2, 0.25) is 12.5 Å². The number of carbonyl (C=O) groups is 1. The molecule has 0 bridgehead atoms. The molecule has 1 aromatic carbocycles. The number of hydrogen-bond donors (Lipinski definition) is 2. The third-order valence-corrected chi connectivity index (χ3v) is 2.99. The lowest BCUT2D eigenvalue weighted by Crippen LogP contribution is -2.31. The van der Waals surface area contributed by atoms with Crippen molar-refractivity contribution in [1.29, 1.82) is 0 Å². The van der Waals surface area contributed by atoms with Gasteiger partial charge in [0, 0.05) is 0 Å². The molecular formula is C14H19NO5. The quantitative estimate of drug-likeness (QED) is 0.828. The van der Waals surface area contributed by atoms with Gasteiger partial charge in [-0.15, -0.1) is 0 Å². The van der Waals surface area contributed by atoms with Gasteiger partial charge in [0.05, 0.1) is 7.11 Å². The minimum absolute atomic E-state index is 0.117. The molecule has 1 aliphatic rings. The van der Waals surface area contributed by atoms with Crippen molar-refractivity contribution in [3.8, 4) is 17.2 Å². The molecule has 20 heavy (non-hydrogen) atoms. The van der Waals surface area contributed by atoms with Crippen molar-refractivity contribution in [2.45, 2.75) is 19.9 Å². The first kappa shape index (κ1) is 14.5. The van der Waals surface area contributed by atoms with Crippen LogP contribution in [0.3, 0.4) is 0 Å². The van der Waals surface area contributed by atoms with E-state index in [1.165, 1.54) is 7.11 Å². The van der Waals surface area contributed by atoms with Crippen LogP contribution in [0.2, 0.25) is 0 Å². The first-order valence-corrected chi connectivity index (χ1v) is 6.46. The number of aliphatic carboxylic acids is 1. The van der Waals surface area contributed by atoms with Gasteiger partial charge in [-0.1, -0.05) is 13.8 Å². The minimum atomic E-state index is -0.938. The predicted octanol–water partition coefficient (Wildman–Crippen LogP) is 1.80. The molecule has 2 rings (SSSR count). The van der Waals surface area contributed by atoms with Gasteiger partial charge in [-0.05, 0) is 30.2 Å². The topological polar surface area (TPSA) is 77.0 Å². The summed E-state index contributed by atoms with van der Waals surface area (Å²) in [5.74, 6) is 0.924. The fourth-order valence-corrected chi connectivity index (χ4v) is 2.02. The van der Waals surface area contributed by atoms with E-state index >= 15 is 0 Å². The van der Waals surface area contributed by atoms with E-state index in [2.05, 4.69) is 5.32 Å². The second-order valence-corrected chi connectivity index (χ2v) is 5.03. The molecule has 1 atom stereocenters. The first-order chi connectivity index (χ1) is 9.52. The molecule has 0 amide bonds. The number of fused-ring (bicyclic) bond motifs is 1. The van der Waals surface area contributed by atoms with Crippen LogP contribution >= 0.6 is 0 Å². The average molecular weight is 281 g/mol. The van der Waals surface area contributed by atoms with Gasteiger partial charge in [-0.25, -0.2) is 0 Å². The normalized spacial score (nSPS) is 14.4. The number of hydrogen-bond acceptors (Lipinski definition) is 5. The van der Waals surface area contributed by atoms with Gasteiger partial charge in [0.15, 0.2) is 11.5 Å². The molecule has 0 saturated carbocycles. The smallest absolute Gasteiger partial charge is 0.325 e. The summed E-state index contributed by atoms with van der Waals surface area (Å²) in [7, 11) is 1.51. The number of benzene rings is 1. The van der Waals surface area contributed by atoms with Crippen molar-refractivity contribution < 1.29 is 24.1 Å². The molecule has 0 fully saturated rings. The largest absolute Gasteiger partial charge is 0.493 e. The maximum absolute atomic E-state index is 11.4.